The maximum Gasteiger partial charge on any atom is 0.271 e. The van der Waals surface area contributed by atoms with Gasteiger partial charge in [0, 0.05) is 56.2 Å². The molecule has 0 aliphatic carbocycles. The summed E-state index contributed by atoms with van der Waals surface area (Å²) in [6, 6.07) is 4.73. The van der Waals surface area contributed by atoms with Crippen LogP contribution < -0.4 is 5.32 Å². The lowest BCUT2D eigenvalue weighted by atomic mass is 10.1. The van der Waals surface area contributed by atoms with Crippen LogP contribution in [0.2, 0.25) is 0 Å². The summed E-state index contributed by atoms with van der Waals surface area (Å²) in [6.45, 7) is 3.19. The molecule has 166 valence electrons. The fraction of sp³-hybridized carbons (Fsp3) is 0.389. The van der Waals surface area contributed by atoms with Crippen molar-refractivity contribution in [3.63, 3.8) is 0 Å². The Bertz CT molecular complexity index is 1120. The number of aromatic nitrogens is 1. The monoisotopic (exact) mass is 451 g/mol. The Morgan fingerprint density at radius 1 is 1.19 bits per heavy atom. The molecule has 1 N–H and O–H groups in total. The summed E-state index contributed by atoms with van der Waals surface area (Å²) >= 11 is 0. The molecule has 0 atom stereocenters. The van der Waals surface area contributed by atoms with Crippen LogP contribution in [-0.2, 0) is 14.6 Å². The molecule has 0 saturated carbocycles. The third kappa shape index (κ3) is 5.64. The Labute approximate surface area is 177 Å². The van der Waals surface area contributed by atoms with Gasteiger partial charge in [-0.25, -0.2) is 8.42 Å². The number of benzene rings is 1. The number of nitro benzene ring substituents is 1. The third-order valence-corrected chi connectivity index (χ3v) is 5.79. The van der Waals surface area contributed by atoms with E-state index in [-0.39, 0.29) is 36.0 Å². The molecule has 0 unspecified atom stereocenters. The van der Waals surface area contributed by atoms with E-state index in [4.69, 9.17) is 4.52 Å². The van der Waals surface area contributed by atoms with Gasteiger partial charge < -0.3 is 14.7 Å². The Kier molecular flexibility index (Phi) is 6.36. The van der Waals surface area contributed by atoms with Crippen molar-refractivity contribution in [2.45, 2.75) is 11.8 Å². The predicted molar refractivity (Wildman–Crippen MR) is 108 cm³/mol. The number of carbonyl (C=O) groups excluding carboxylic acids is 2. The van der Waals surface area contributed by atoms with Gasteiger partial charge in [0.2, 0.25) is 5.91 Å². The second kappa shape index (κ2) is 8.81. The highest BCUT2D eigenvalue weighted by Gasteiger charge is 2.26. The van der Waals surface area contributed by atoms with Crippen LogP contribution in [0.15, 0.2) is 33.7 Å². The van der Waals surface area contributed by atoms with Gasteiger partial charge in [0.05, 0.1) is 16.4 Å². The van der Waals surface area contributed by atoms with Crippen molar-refractivity contribution in [2.75, 3.05) is 44.3 Å². The minimum atomic E-state index is -3.73. The van der Waals surface area contributed by atoms with Crippen molar-refractivity contribution < 1.29 is 27.5 Å². The number of carbonyl (C=O) groups is 2. The number of hydrogen-bond donors (Lipinski definition) is 1. The van der Waals surface area contributed by atoms with E-state index in [2.05, 4.69) is 10.5 Å². The van der Waals surface area contributed by atoms with Crippen molar-refractivity contribution in [3.8, 4) is 0 Å². The average Bonchev–Trinajstić information content (AvgIpc) is 3.11. The number of anilines is 1. The van der Waals surface area contributed by atoms with Crippen molar-refractivity contribution >= 4 is 33.2 Å². The van der Waals surface area contributed by atoms with E-state index in [1.165, 1.54) is 4.90 Å². The Morgan fingerprint density at radius 2 is 1.87 bits per heavy atom. The van der Waals surface area contributed by atoms with Crippen LogP contribution in [0, 0.1) is 17.0 Å². The Balaban J connectivity index is 1.63. The molecule has 0 radical (unpaired) electrons. The first-order valence-corrected chi connectivity index (χ1v) is 11.2. The van der Waals surface area contributed by atoms with Gasteiger partial charge >= 0.3 is 0 Å². The van der Waals surface area contributed by atoms with Crippen LogP contribution in [0.25, 0.3) is 0 Å². The van der Waals surface area contributed by atoms with Crippen LogP contribution in [-0.4, -0.2) is 79.1 Å². The molecule has 2 aromatic rings. The number of nitro groups is 1. The summed E-state index contributed by atoms with van der Waals surface area (Å²) in [6.07, 6.45) is 0.921. The average molecular weight is 451 g/mol. The molecule has 12 nitrogen and oxygen atoms in total. The van der Waals surface area contributed by atoms with E-state index in [0.29, 0.717) is 24.7 Å². The second-order valence-electron chi connectivity index (χ2n) is 7.18. The van der Waals surface area contributed by atoms with Gasteiger partial charge in [0.1, 0.15) is 5.76 Å². The highest BCUT2D eigenvalue weighted by Crippen LogP contribution is 2.22. The van der Waals surface area contributed by atoms with E-state index < -0.39 is 26.4 Å². The maximum atomic E-state index is 12.8. The molecule has 1 aliphatic heterocycles. The molecule has 2 heterocycles. The lowest BCUT2D eigenvalue weighted by Crippen LogP contribution is -2.50. The van der Waals surface area contributed by atoms with Gasteiger partial charge in [-0.1, -0.05) is 5.16 Å². The predicted octanol–water partition coefficient (Wildman–Crippen LogP) is 0.691. The van der Waals surface area contributed by atoms with Gasteiger partial charge in [-0.2, -0.15) is 0 Å². The molecule has 1 fully saturated rings. The van der Waals surface area contributed by atoms with Crippen molar-refractivity contribution in [1.29, 1.82) is 0 Å². The molecule has 1 aromatic heterocycles. The van der Waals surface area contributed by atoms with Crippen molar-refractivity contribution in [1.82, 2.24) is 15.0 Å². The Morgan fingerprint density at radius 3 is 2.42 bits per heavy atom. The summed E-state index contributed by atoms with van der Waals surface area (Å²) in [4.78, 5) is 38.4. The number of amides is 2. The zero-order valence-corrected chi connectivity index (χ0v) is 17.7. The van der Waals surface area contributed by atoms with Gasteiger partial charge in [-0.15, -0.1) is 0 Å². The lowest BCUT2D eigenvalue weighted by Gasteiger charge is -2.34. The van der Waals surface area contributed by atoms with Crippen LogP contribution in [0.4, 0.5) is 11.5 Å². The quantitative estimate of drug-likeness (QED) is 0.493. The third-order valence-electron chi connectivity index (χ3n) is 4.70. The second-order valence-corrected chi connectivity index (χ2v) is 9.20. The molecular formula is C18H21N5O7S. The lowest BCUT2D eigenvalue weighted by molar-refractivity contribution is -0.385. The maximum absolute atomic E-state index is 12.8. The van der Waals surface area contributed by atoms with Crippen LogP contribution >= 0.6 is 0 Å². The number of rotatable bonds is 6. The summed E-state index contributed by atoms with van der Waals surface area (Å²) in [5, 5.41) is 17.5. The SMILES string of the molecule is Cc1cc(NC(=O)CN2CCN(C(=O)c3cc([N+](=O)[O-])cc(S(C)(=O)=O)c3)CC2)no1. The number of sulfone groups is 1. The number of aryl methyl sites for hydroxylation is 1. The van der Waals surface area contributed by atoms with E-state index in [0.717, 1.165) is 24.5 Å². The number of nitrogens with one attached hydrogen (secondary N) is 1. The minimum Gasteiger partial charge on any atom is -0.360 e. The van der Waals surface area contributed by atoms with E-state index >= 15 is 0 Å². The molecular weight excluding hydrogens is 430 g/mol. The Hall–Kier alpha value is -3.32. The number of nitrogens with zero attached hydrogens (tertiary/aromatic N) is 4. The summed E-state index contributed by atoms with van der Waals surface area (Å²) < 4.78 is 28.6. The molecule has 13 heteroatoms. The van der Waals surface area contributed by atoms with Gasteiger partial charge in [0.25, 0.3) is 11.6 Å². The standard InChI is InChI=1S/C18H21N5O7S/c1-12-7-16(20-30-12)19-17(24)11-21-3-5-22(6-4-21)18(25)13-8-14(23(26)27)10-15(9-13)31(2,28)29/h7-10H,3-6,11H2,1-2H3,(H,19,20,24). The number of hydrogen-bond acceptors (Lipinski definition) is 9. The molecule has 2 amide bonds. The van der Waals surface area contributed by atoms with Gasteiger partial charge in [-0.3, -0.25) is 24.6 Å². The van der Waals surface area contributed by atoms with Gasteiger partial charge in [0.15, 0.2) is 15.7 Å². The fourth-order valence-electron chi connectivity index (χ4n) is 3.13. The molecule has 1 aromatic carbocycles. The first kappa shape index (κ1) is 22.4. The van der Waals surface area contributed by atoms with E-state index in [1.807, 2.05) is 4.90 Å². The fourth-order valence-corrected chi connectivity index (χ4v) is 3.80. The molecule has 1 saturated heterocycles. The molecule has 0 spiro atoms. The smallest absolute Gasteiger partial charge is 0.271 e. The first-order valence-electron chi connectivity index (χ1n) is 9.27. The van der Waals surface area contributed by atoms with Crippen molar-refractivity contribution in [3.05, 3.63) is 45.7 Å². The highest BCUT2D eigenvalue weighted by atomic mass is 32.2. The number of non-ortho nitro benzene ring substituents is 1. The first-order chi connectivity index (χ1) is 14.5. The van der Waals surface area contributed by atoms with Crippen LogP contribution in [0.1, 0.15) is 16.1 Å². The van der Waals surface area contributed by atoms with Crippen LogP contribution in [0.5, 0.6) is 0 Å². The van der Waals surface area contributed by atoms with Gasteiger partial charge in [-0.05, 0) is 13.0 Å². The highest BCUT2D eigenvalue weighted by molar-refractivity contribution is 7.90. The van der Waals surface area contributed by atoms with E-state index in [1.54, 1.807) is 13.0 Å². The van der Waals surface area contributed by atoms with Crippen molar-refractivity contribution in [2.24, 2.45) is 0 Å². The largest absolute Gasteiger partial charge is 0.360 e. The molecule has 3 rings (SSSR count). The van der Waals surface area contributed by atoms with E-state index in [9.17, 15) is 28.1 Å². The topological polar surface area (TPSA) is 156 Å². The normalized spacial score (nSPS) is 15.0. The minimum absolute atomic E-state index is 0.0674. The summed E-state index contributed by atoms with van der Waals surface area (Å²) in [5.74, 6) is 0.117. The number of piperazine rings is 1. The zero-order chi connectivity index (χ0) is 22.8. The zero-order valence-electron chi connectivity index (χ0n) is 16.9. The molecule has 1 aliphatic rings. The summed E-state index contributed by atoms with van der Waals surface area (Å²) in [5.41, 5.74) is -0.535. The summed E-state index contributed by atoms with van der Waals surface area (Å²) in [7, 11) is -3.73. The van der Waals surface area contributed by atoms with Crippen LogP contribution in [0.3, 0.4) is 0 Å². The molecule has 0 bridgehead atoms. The molecule has 31 heavy (non-hydrogen) atoms.